The van der Waals surface area contributed by atoms with Crippen molar-refractivity contribution >= 4 is 37.6 Å². The van der Waals surface area contributed by atoms with Crippen molar-refractivity contribution in [2.75, 3.05) is 12.3 Å². The minimum absolute atomic E-state index is 0.0387. The van der Waals surface area contributed by atoms with E-state index in [4.69, 9.17) is 5.11 Å². The van der Waals surface area contributed by atoms with Crippen molar-refractivity contribution in [3.8, 4) is 0 Å². The van der Waals surface area contributed by atoms with E-state index in [1.54, 1.807) is 24.3 Å². The number of carboxylic acids is 1. The van der Waals surface area contributed by atoms with Crippen LogP contribution in [0.1, 0.15) is 24.8 Å². The number of unbranched alkanes of at least 4 members (excludes halogenated alkanes) is 1. The second-order valence-electron chi connectivity index (χ2n) is 4.86. The third-order valence-corrected chi connectivity index (χ3v) is 4.73. The van der Waals surface area contributed by atoms with Crippen molar-refractivity contribution < 1.29 is 23.1 Å². The van der Waals surface area contributed by atoms with E-state index in [-0.39, 0.29) is 18.7 Å². The van der Waals surface area contributed by atoms with Crippen LogP contribution in [0.4, 0.5) is 0 Å². The van der Waals surface area contributed by atoms with Gasteiger partial charge in [0.25, 0.3) is 0 Å². The molecule has 0 aromatic heterocycles. The fourth-order valence-corrected chi connectivity index (χ4v) is 3.55. The quantitative estimate of drug-likeness (QED) is 0.624. The summed E-state index contributed by atoms with van der Waals surface area (Å²) in [7, 11) is -3.53. The van der Waals surface area contributed by atoms with Crippen molar-refractivity contribution in [3.63, 3.8) is 0 Å². The number of aliphatic carboxylic acids is 1. The Bertz CT molecular complexity index is 630. The maximum Gasteiger partial charge on any atom is 0.303 e. The highest BCUT2D eigenvalue weighted by molar-refractivity contribution is 9.10. The highest BCUT2D eigenvalue weighted by Gasteiger charge is 2.17. The summed E-state index contributed by atoms with van der Waals surface area (Å²) in [4.78, 5) is 21.9. The third-order valence-electron chi connectivity index (χ3n) is 2.77. The number of carbonyl (C=O) groups excluding carboxylic acids is 1. The number of amides is 1. The van der Waals surface area contributed by atoms with Gasteiger partial charge in [-0.05, 0) is 30.5 Å². The first-order chi connectivity index (χ1) is 10.3. The fourth-order valence-electron chi connectivity index (χ4n) is 1.81. The molecular formula is C14H18BrNO5S. The van der Waals surface area contributed by atoms with E-state index in [1.807, 2.05) is 0 Å². The van der Waals surface area contributed by atoms with E-state index < -0.39 is 27.5 Å². The maximum absolute atomic E-state index is 11.9. The lowest BCUT2D eigenvalue weighted by atomic mass is 10.2. The minimum Gasteiger partial charge on any atom is -0.481 e. The van der Waals surface area contributed by atoms with Gasteiger partial charge in [-0.25, -0.2) is 8.42 Å². The fraction of sp³-hybridized carbons (Fsp3) is 0.429. The Hall–Kier alpha value is -1.41. The van der Waals surface area contributed by atoms with E-state index >= 15 is 0 Å². The molecule has 22 heavy (non-hydrogen) atoms. The number of hydrogen-bond donors (Lipinski definition) is 2. The van der Waals surface area contributed by atoms with Crippen molar-refractivity contribution in [3.05, 3.63) is 34.3 Å². The lowest BCUT2D eigenvalue weighted by molar-refractivity contribution is -0.137. The smallest absolute Gasteiger partial charge is 0.303 e. The van der Waals surface area contributed by atoms with Crippen molar-refractivity contribution in [1.82, 2.24) is 5.32 Å². The number of rotatable bonds is 9. The molecule has 0 aliphatic carbocycles. The zero-order valence-electron chi connectivity index (χ0n) is 11.9. The molecule has 2 N–H and O–H groups in total. The van der Waals surface area contributed by atoms with Crippen LogP contribution in [0.2, 0.25) is 0 Å². The van der Waals surface area contributed by atoms with Gasteiger partial charge in [-0.1, -0.05) is 28.1 Å². The Labute approximate surface area is 138 Å². The number of hydrogen-bond acceptors (Lipinski definition) is 4. The molecule has 0 spiro atoms. The molecule has 0 radical (unpaired) electrons. The van der Waals surface area contributed by atoms with Gasteiger partial charge in [0, 0.05) is 17.4 Å². The summed E-state index contributed by atoms with van der Waals surface area (Å²) in [6.45, 7) is 0.276. The molecule has 0 saturated heterocycles. The van der Waals surface area contributed by atoms with Crippen LogP contribution in [0, 0.1) is 0 Å². The van der Waals surface area contributed by atoms with Gasteiger partial charge in [0.2, 0.25) is 5.91 Å². The third kappa shape index (κ3) is 8.14. The summed E-state index contributed by atoms with van der Waals surface area (Å²) < 4.78 is 24.7. The molecule has 0 bridgehead atoms. The van der Waals surface area contributed by atoms with Gasteiger partial charge < -0.3 is 10.4 Å². The molecule has 8 heteroatoms. The molecule has 1 amide bonds. The minimum atomic E-state index is -3.53. The van der Waals surface area contributed by atoms with Crippen molar-refractivity contribution in [2.24, 2.45) is 0 Å². The Kier molecular flexibility index (Phi) is 7.53. The molecule has 6 nitrogen and oxygen atoms in total. The summed E-state index contributed by atoms with van der Waals surface area (Å²) in [5.74, 6) is -2.22. The molecular weight excluding hydrogens is 374 g/mol. The Morgan fingerprint density at radius 1 is 1.23 bits per heavy atom. The first-order valence-corrected chi connectivity index (χ1v) is 9.33. The van der Waals surface area contributed by atoms with Gasteiger partial charge in [0.1, 0.15) is 5.75 Å². The number of carbonyl (C=O) groups is 2. The molecule has 0 aliphatic heterocycles. The molecule has 0 heterocycles. The highest BCUT2D eigenvalue weighted by Crippen LogP contribution is 2.14. The van der Waals surface area contributed by atoms with E-state index in [9.17, 15) is 18.0 Å². The normalized spacial score (nSPS) is 11.1. The predicted octanol–water partition coefficient (Wildman–Crippen LogP) is 1.74. The number of nitrogens with one attached hydrogen (secondary N) is 1. The second kappa shape index (κ2) is 8.89. The van der Waals surface area contributed by atoms with Gasteiger partial charge in [0.15, 0.2) is 9.84 Å². The average molecular weight is 392 g/mol. The van der Waals surface area contributed by atoms with Crippen LogP contribution in [0.3, 0.4) is 0 Å². The van der Waals surface area contributed by atoms with E-state index in [0.717, 1.165) is 4.47 Å². The summed E-state index contributed by atoms with van der Waals surface area (Å²) in [6, 6.07) is 6.91. The highest BCUT2D eigenvalue weighted by atomic mass is 79.9. The van der Waals surface area contributed by atoms with Crippen molar-refractivity contribution in [2.45, 2.75) is 25.0 Å². The second-order valence-corrected chi connectivity index (χ2v) is 7.84. The molecule has 1 rings (SSSR count). The number of halogens is 1. The lowest BCUT2D eigenvalue weighted by Gasteiger charge is -2.06. The standard InChI is InChI=1S/C14H18BrNO5S/c15-12-5-3-4-11(8-12)9-22(20,21)10-13(17)16-7-2-1-6-14(18)19/h3-5,8H,1-2,6-7,9-10H2,(H,16,17)(H,18,19). The van der Waals surface area contributed by atoms with Gasteiger partial charge >= 0.3 is 5.97 Å². The van der Waals surface area contributed by atoms with Crippen LogP contribution in [-0.4, -0.2) is 37.7 Å². The molecule has 0 fully saturated rings. The summed E-state index contributed by atoms with van der Waals surface area (Å²) in [6.07, 6.45) is 0.987. The maximum atomic E-state index is 11.9. The summed E-state index contributed by atoms with van der Waals surface area (Å²) in [5.41, 5.74) is 0.614. The predicted molar refractivity (Wildman–Crippen MR) is 86.1 cm³/mol. The SMILES string of the molecule is O=C(O)CCCCNC(=O)CS(=O)(=O)Cc1cccc(Br)c1. The van der Waals surface area contributed by atoms with E-state index in [0.29, 0.717) is 18.4 Å². The summed E-state index contributed by atoms with van der Waals surface area (Å²) >= 11 is 3.26. The van der Waals surface area contributed by atoms with Crippen LogP contribution in [0.15, 0.2) is 28.7 Å². The molecule has 0 saturated carbocycles. The zero-order valence-corrected chi connectivity index (χ0v) is 14.3. The first kappa shape index (κ1) is 18.6. The Morgan fingerprint density at radius 3 is 2.59 bits per heavy atom. The first-order valence-electron chi connectivity index (χ1n) is 6.72. The van der Waals surface area contributed by atoms with Crippen LogP contribution in [0.5, 0.6) is 0 Å². The topological polar surface area (TPSA) is 101 Å². The van der Waals surface area contributed by atoms with Crippen LogP contribution in [0.25, 0.3) is 0 Å². The van der Waals surface area contributed by atoms with Crippen LogP contribution >= 0.6 is 15.9 Å². The Balaban J connectivity index is 2.37. The van der Waals surface area contributed by atoms with Gasteiger partial charge in [-0.2, -0.15) is 0 Å². The van der Waals surface area contributed by atoms with E-state index in [1.165, 1.54) is 0 Å². The monoisotopic (exact) mass is 391 g/mol. The number of sulfone groups is 1. The van der Waals surface area contributed by atoms with Crippen LogP contribution in [-0.2, 0) is 25.2 Å². The summed E-state index contributed by atoms with van der Waals surface area (Å²) in [5, 5.41) is 11.0. The number of benzene rings is 1. The van der Waals surface area contributed by atoms with Crippen LogP contribution < -0.4 is 5.32 Å². The zero-order chi connectivity index (χ0) is 16.6. The van der Waals surface area contributed by atoms with Crippen molar-refractivity contribution in [1.29, 1.82) is 0 Å². The van der Waals surface area contributed by atoms with E-state index in [2.05, 4.69) is 21.2 Å². The Morgan fingerprint density at radius 2 is 1.95 bits per heavy atom. The van der Waals surface area contributed by atoms with Gasteiger partial charge in [-0.15, -0.1) is 0 Å². The lowest BCUT2D eigenvalue weighted by Crippen LogP contribution is -2.31. The van der Waals surface area contributed by atoms with Gasteiger partial charge in [-0.3, -0.25) is 9.59 Å². The number of carboxylic acid groups (broad SMARTS) is 1. The van der Waals surface area contributed by atoms with Gasteiger partial charge in [0.05, 0.1) is 5.75 Å². The molecule has 1 aromatic carbocycles. The average Bonchev–Trinajstić information content (AvgIpc) is 2.36. The molecule has 0 unspecified atom stereocenters. The molecule has 0 aliphatic rings. The molecule has 1 aromatic rings. The molecule has 122 valence electrons. The molecule has 0 atom stereocenters. The largest absolute Gasteiger partial charge is 0.481 e.